The summed E-state index contributed by atoms with van der Waals surface area (Å²) in [6, 6.07) is 4.34. The molecule has 212 valence electrons. The van der Waals surface area contributed by atoms with E-state index in [-0.39, 0.29) is 36.5 Å². The van der Waals surface area contributed by atoms with Crippen LogP contribution >= 0.6 is 0 Å². The lowest BCUT2D eigenvalue weighted by Crippen LogP contribution is -2.54. The van der Waals surface area contributed by atoms with E-state index in [1.807, 2.05) is 34.7 Å². The zero-order chi connectivity index (χ0) is 28.7. The van der Waals surface area contributed by atoms with E-state index in [1.165, 1.54) is 0 Å². The van der Waals surface area contributed by atoms with Gasteiger partial charge in [-0.05, 0) is 57.2 Å². The molecule has 0 saturated carbocycles. The first-order valence-corrected chi connectivity index (χ1v) is 13.4. The molecule has 2 aromatic rings. The summed E-state index contributed by atoms with van der Waals surface area (Å²) in [4.78, 5) is 52.5. The number of rotatable bonds is 6. The maximum Gasteiger partial charge on any atom is 0.255 e. The van der Waals surface area contributed by atoms with Crippen LogP contribution < -0.4 is 26.0 Å². The van der Waals surface area contributed by atoms with Gasteiger partial charge in [-0.15, -0.1) is 0 Å². The number of ether oxygens (including phenoxy) is 1. The molecule has 2 heterocycles. The number of amides is 4. The standard InChI is InChI=1S/C28H40N6O5/c1-16(2)13-22-28(38)30-17(3)15-39-24-10-8-7-9-21(24)26(36)32-23(14-25(35)31-22)27(37)29-12-11-20-18(4)33-34(6)19(20)5/h7-10,16-17,22-23H,11-15H2,1-6H3,(H,29,37)(H,30,38)(H,31,35)(H,32,36)/t17-,22+,23+/m1/s1. The summed E-state index contributed by atoms with van der Waals surface area (Å²) in [7, 11) is 1.86. The average Bonchev–Trinajstić information content (AvgIpc) is 3.11. The molecule has 39 heavy (non-hydrogen) atoms. The summed E-state index contributed by atoms with van der Waals surface area (Å²) in [5.41, 5.74) is 3.15. The van der Waals surface area contributed by atoms with Crippen LogP contribution in [-0.2, 0) is 27.9 Å². The molecule has 4 amide bonds. The molecule has 11 heteroatoms. The molecule has 1 aromatic heterocycles. The SMILES string of the molecule is Cc1nn(C)c(C)c1CCNC(=O)[C@@H]1CC(=O)N[C@@H](CC(C)C)C(=O)N[C@H](C)COc2ccccc2C(=O)N1. The zero-order valence-corrected chi connectivity index (χ0v) is 23.6. The second kappa shape index (κ2) is 13.3. The predicted octanol–water partition coefficient (Wildman–Crippen LogP) is 1.31. The van der Waals surface area contributed by atoms with Gasteiger partial charge >= 0.3 is 0 Å². The van der Waals surface area contributed by atoms with Crippen LogP contribution in [0.2, 0.25) is 0 Å². The number of aromatic nitrogens is 2. The summed E-state index contributed by atoms with van der Waals surface area (Å²) in [6.07, 6.45) is 0.638. The van der Waals surface area contributed by atoms with Crippen molar-refractivity contribution in [1.29, 1.82) is 0 Å². The molecule has 0 aliphatic carbocycles. The van der Waals surface area contributed by atoms with Gasteiger partial charge in [0.1, 0.15) is 24.4 Å². The van der Waals surface area contributed by atoms with Gasteiger partial charge in [0.25, 0.3) is 5.91 Å². The molecule has 1 aromatic carbocycles. The Bertz CT molecular complexity index is 1210. The minimum atomic E-state index is -1.16. The predicted molar refractivity (Wildman–Crippen MR) is 146 cm³/mol. The Morgan fingerprint density at radius 3 is 2.54 bits per heavy atom. The van der Waals surface area contributed by atoms with Gasteiger partial charge in [0.2, 0.25) is 17.7 Å². The van der Waals surface area contributed by atoms with E-state index < -0.39 is 29.8 Å². The molecule has 1 aliphatic rings. The van der Waals surface area contributed by atoms with Crippen molar-refractivity contribution in [1.82, 2.24) is 31.0 Å². The van der Waals surface area contributed by atoms with Crippen LogP contribution in [-0.4, -0.2) is 64.7 Å². The van der Waals surface area contributed by atoms with Gasteiger partial charge in [0.05, 0.1) is 23.7 Å². The number of aryl methyl sites for hydroxylation is 2. The van der Waals surface area contributed by atoms with E-state index in [0.717, 1.165) is 17.0 Å². The first-order valence-electron chi connectivity index (χ1n) is 13.4. The van der Waals surface area contributed by atoms with Crippen molar-refractivity contribution in [2.24, 2.45) is 13.0 Å². The number of nitrogens with one attached hydrogen (secondary N) is 4. The van der Waals surface area contributed by atoms with E-state index in [1.54, 1.807) is 35.9 Å². The van der Waals surface area contributed by atoms with Crippen molar-refractivity contribution in [2.75, 3.05) is 13.2 Å². The molecule has 0 fully saturated rings. The van der Waals surface area contributed by atoms with Crippen molar-refractivity contribution in [3.05, 3.63) is 46.8 Å². The van der Waals surface area contributed by atoms with Crippen LogP contribution in [0, 0.1) is 19.8 Å². The highest BCUT2D eigenvalue weighted by Crippen LogP contribution is 2.19. The second-order valence-corrected chi connectivity index (χ2v) is 10.5. The summed E-state index contributed by atoms with van der Waals surface area (Å²) in [6.45, 7) is 9.99. The van der Waals surface area contributed by atoms with Crippen molar-refractivity contribution in [3.63, 3.8) is 0 Å². The highest BCUT2D eigenvalue weighted by atomic mass is 16.5. The maximum absolute atomic E-state index is 13.2. The number of benzene rings is 1. The molecule has 1 aliphatic heterocycles. The Morgan fingerprint density at radius 1 is 1.15 bits per heavy atom. The second-order valence-electron chi connectivity index (χ2n) is 10.5. The summed E-state index contributed by atoms with van der Waals surface area (Å²) < 4.78 is 7.65. The quantitative estimate of drug-likeness (QED) is 0.435. The van der Waals surface area contributed by atoms with E-state index in [4.69, 9.17) is 4.74 Å². The number of hydrogen-bond acceptors (Lipinski definition) is 6. The molecule has 0 unspecified atom stereocenters. The minimum Gasteiger partial charge on any atom is -0.491 e. The van der Waals surface area contributed by atoms with Gasteiger partial charge in [0, 0.05) is 19.3 Å². The third kappa shape index (κ3) is 8.05. The third-order valence-corrected chi connectivity index (χ3v) is 6.71. The Balaban J connectivity index is 1.83. The molecular weight excluding hydrogens is 500 g/mol. The fourth-order valence-corrected chi connectivity index (χ4v) is 4.58. The molecule has 0 saturated heterocycles. The van der Waals surface area contributed by atoms with Crippen molar-refractivity contribution < 1.29 is 23.9 Å². The number of carbonyl (C=O) groups is 4. The topological polar surface area (TPSA) is 143 Å². The first kappa shape index (κ1) is 29.7. The minimum absolute atomic E-state index is 0.121. The Kier molecular flexibility index (Phi) is 10.1. The summed E-state index contributed by atoms with van der Waals surface area (Å²) >= 11 is 0. The number of para-hydroxylation sites is 1. The van der Waals surface area contributed by atoms with Crippen LogP contribution in [0.5, 0.6) is 5.75 Å². The van der Waals surface area contributed by atoms with E-state index in [2.05, 4.69) is 26.4 Å². The number of carbonyl (C=O) groups excluding carboxylic acids is 4. The van der Waals surface area contributed by atoms with Crippen LogP contribution in [0.1, 0.15) is 60.9 Å². The van der Waals surface area contributed by atoms with Gasteiger partial charge < -0.3 is 26.0 Å². The number of hydrogen-bond donors (Lipinski definition) is 4. The Morgan fingerprint density at radius 2 is 1.87 bits per heavy atom. The molecule has 0 radical (unpaired) electrons. The van der Waals surface area contributed by atoms with Crippen molar-refractivity contribution in [3.8, 4) is 5.75 Å². The van der Waals surface area contributed by atoms with Crippen LogP contribution in [0.15, 0.2) is 24.3 Å². The van der Waals surface area contributed by atoms with Crippen LogP contribution in [0.25, 0.3) is 0 Å². The fraction of sp³-hybridized carbons (Fsp3) is 0.536. The highest BCUT2D eigenvalue weighted by molar-refractivity contribution is 6.01. The molecule has 3 atom stereocenters. The zero-order valence-electron chi connectivity index (χ0n) is 23.6. The molecule has 0 bridgehead atoms. The summed E-state index contributed by atoms with van der Waals surface area (Å²) in [5.74, 6) is -1.42. The third-order valence-electron chi connectivity index (χ3n) is 6.71. The van der Waals surface area contributed by atoms with Gasteiger partial charge in [0.15, 0.2) is 0 Å². The maximum atomic E-state index is 13.2. The van der Waals surface area contributed by atoms with Gasteiger partial charge in [-0.2, -0.15) is 5.10 Å². The largest absolute Gasteiger partial charge is 0.491 e. The van der Waals surface area contributed by atoms with Gasteiger partial charge in [-0.3, -0.25) is 23.9 Å². The van der Waals surface area contributed by atoms with E-state index in [9.17, 15) is 19.2 Å². The molecule has 3 rings (SSSR count). The summed E-state index contributed by atoms with van der Waals surface area (Å²) in [5, 5.41) is 15.6. The first-order chi connectivity index (χ1) is 18.5. The molecule has 4 N–H and O–H groups in total. The molecular formula is C28H40N6O5. The normalized spacial score (nSPS) is 20.7. The van der Waals surface area contributed by atoms with Gasteiger partial charge in [-0.25, -0.2) is 0 Å². The Labute approximate surface area is 229 Å². The number of fused-ring (bicyclic) bond motifs is 1. The molecule has 0 spiro atoms. The lowest BCUT2D eigenvalue weighted by atomic mass is 10.0. The van der Waals surface area contributed by atoms with Crippen LogP contribution in [0.3, 0.4) is 0 Å². The van der Waals surface area contributed by atoms with E-state index in [0.29, 0.717) is 25.1 Å². The lowest BCUT2D eigenvalue weighted by Gasteiger charge is -2.25. The number of nitrogens with zero attached hydrogens (tertiary/aromatic N) is 2. The van der Waals surface area contributed by atoms with Crippen molar-refractivity contribution in [2.45, 2.75) is 72.0 Å². The lowest BCUT2D eigenvalue weighted by molar-refractivity contribution is -0.131. The van der Waals surface area contributed by atoms with E-state index >= 15 is 0 Å². The fourth-order valence-electron chi connectivity index (χ4n) is 4.58. The smallest absolute Gasteiger partial charge is 0.255 e. The average molecular weight is 541 g/mol. The van der Waals surface area contributed by atoms with Crippen LogP contribution in [0.4, 0.5) is 0 Å². The Hall–Kier alpha value is -3.89. The molecule has 11 nitrogen and oxygen atoms in total. The van der Waals surface area contributed by atoms with Crippen molar-refractivity contribution >= 4 is 23.6 Å². The highest BCUT2D eigenvalue weighted by Gasteiger charge is 2.29. The van der Waals surface area contributed by atoms with Gasteiger partial charge in [-0.1, -0.05) is 26.0 Å². The monoisotopic (exact) mass is 540 g/mol.